The van der Waals surface area contributed by atoms with Crippen molar-refractivity contribution in [2.75, 3.05) is 4.90 Å². The summed E-state index contributed by atoms with van der Waals surface area (Å²) in [5.74, 6) is 0.700. The monoisotopic (exact) mass is 740 g/mol. The van der Waals surface area contributed by atoms with Gasteiger partial charge in [-0.3, -0.25) is 0 Å². The number of fused-ring (bicyclic) bond motifs is 7. The molecule has 2 unspecified atom stereocenters. The number of benzene rings is 7. The van der Waals surface area contributed by atoms with Gasteiger partial charge in [-0.1, -0.05) is 170 Å². The highest BCUT2D eigenvalue weighted by Crippen LogP contribution is 2.57. The molecule has 2 nitrogen and oxygen atoms in total. The summed E-state index contributed by atoms with van der Waals surface area (Å²) in [6, 6.07) is 58.8. The largest absolute Gasteiger partial charge is 0.309 e. The Labute approximate surface area is 339 Å². The van der Waals surface area contributed by atoms with Crippen molar-refractivity contribution >= 4 is 44.4 Å². The van der Waals surface area contributed by atoms with Crippen LogP contribution >= 0.6 is 0 Å². The number of hydrogen-bond acceptors (Lipinski definition) is 1. The molecule has 1 aromatic heterocycles. The number of aromatic nitrogens is 1. The number of para-hydroxylation sites is 3. The molecule has 0 aliphatic heterocycles. The minimum Gasteiger partial charge on any atom is -0.309 e. The zero-order valence-electron chi connectivity index (χ0n) is 32.1. The summed E-state index contributed by atoms with van der Waals surface area (Å²) in [6.45, 7) is 0. The van der Waals surface area contributed by atoms with Crippen LogP contribution in [0.2, 0.25) is 0 Å². The van der Waals surface area contributed by atoms with E-state index in [2.05, 4.69) is 216 Å². The van der Waals surface area contributed by atoms with E-state index in [4.69, 9.17) is 0 Å². The minimum atomic E-state index is 0.312. The molecule has 8 aromatic rings. The molecule has 7 aromatic carbocycles. The van der Waals surface area contributed by atoms with Crippen LogP contribution in [-0.2, 0) is 6.42 Å². The molecule has 0 saturated carbocycles. The van der Waals surface area contributed by atoms with Crippen LogP contribution in [0.3, 0.4) is 0 Å². The van der Waals surface area contributed by atoms with E-state index >= 15 is 0 Å². The highest BCUT2D eigenvalue weighted by molar-refractivity contribution is 6.13. The second kappa shape index (κ2) is 13.2. The SMILES string of the molecule is C1=CCC(c2ccccc2-n2c3ccccc3c3ccc(N(c4ccccc4-c4ccccc4)c4cccc5c4-c4cccc6c4C5=C4C=CC=CC4C6)cc32)C=C1. The van der Waals surface area contributed by atoms with E-state index < -0.39 is 0 Å². The van der Waals surface area contributed by atoms with Gasteiger partial charge in [0.2, 0.25) is 0 Å². The van der Waals surface area contributed by atoms with Crippen molar-refractivity contribution in [3.05, 3.63) is 234 Å². The topological polar surface area (TPSA) is 8.17 Å². The zero-order valence-corrected chi connectivity index (χ0v) is 32.1. The van der Waals surface area contributed by atoms with Gasteiger partial charge in [-0.05, 0) is 93.8 Å². The van der Waals surface area contributed by atoms with Crippen molar-refractivity contribution in [1.82, 2.24) is 4.57 Å². The Morgan fingerprint density at radius 3 is 2.19 bits per heavy atom. The number of hydrogen-bond donors (Lipinski definition) is 0. The Balaban J connectivity index is 1.15. The molecule has 0 bridgehead atoms. The van der Waals surface area contributed by atoms with Gasteiger partial charge < -0.3 is 9.47 Å². The first-order valence-electron chi connectivity index (χ1n) is 20.6. The van der Waals surface area contributed by atoms with Gasteiger partial charge in [0.05, 0.1) is 22.4 Å². The van der Waals surface area contributed by atoms with Crippen molar-refractivity contribution in [2.24, 2.45) is 5.92 Å². The van der Waals surface area contributed by atoms with Crippen LogP contribution in [0, 0.1) is 5.92 Å². The summed E-state index contributed by atoms with van der Waals surface area (Å²) in [5, 5.41) is 2.51. The molecule has 0 saturated heterocycles. The maximum Gasteiger partial charge on any atom is 0.0562 e. The lowest BCUT2D eigenvalue weighted by molar-refractivity contribution is 0.756. The molecule has 0 amide bonds. The molecule has 12 rings (SSSR count). The predicted molar refractivity (Wildman–Crippen MR) is 243 cm³/mol. The zero-order chi connectivity index (χ0) is 38.2. The van der Waals surface area contributed by atoms with Gasteiger partial charge in [0.15, 0.2) is 0 Å². The Morgan fingerprint density at radius 1 is 0.517 bits per heavy atom. The molecule has 0 fully saturated rings. The molecule has 4 aliphatic rings. The molecular formula is C56H40N2. The standard InChI is InChI=1S/C56H40N2/c1-3-17-37(18-4-1)42-23-9-12-29-49(42)57(52-32-16-28-48-55(52)47-27-15-22-40-35-39-21-7-8-25-44(39)56(48)54(40)47)41-33-34-46-45-26-11-14-31-51(45)58(53(46)36-41)50-30-13-10-24-43(50)38-19-5-2-6-20-38/h1-19,21-34,36,38-39H,20,35H2. The first kappa shape index (κ1) is 33.0. The van der Waals surface area contributed by atoms with E-state index in [1.165, 1.54) is 88.8 Å². The van der Waals surface area contributed by atoms with Crippen LogP contribution in [-0.4, -0.2) is 4.57 Å². The van der Waals surface area contributed by atoms with Crippen molar-refractivity contribution in [3.8, 4) is 27.9 Å². The molecule has 274 valence electrons. The van der Waals surface area contributed by atoms with Crippen LogP contribution in [0.25, 0.3) is 55.3 Å². The van der Waals surface area contributed by atoms with Crippen molar-refractivity contribution in [3.63, 3.8) is 0 Å². The molecule has 1 heterocycles. The smallest absolute Gasteiger partial charge is 0.0562 e. The summed E-state index contributed by atoms with van der Waals surface area (Å²) >= 11 is 0. The number of anilines is 3. The highest BCUT2D eigenvalue weighted by Gasteiger charge is 2.37. The Hall–Kier alpha value is -7.16. The predicted octanol–water partition coefficient (Wildman–Crippen LogP) is 14.6. The van der Waals surface area contributed by atoms with Crippen molar-refractivity contribution in [2.45, 2.75) is 18.8 Å². The molecule has 2 heteroatoms. The fraction of sp³-hybridized carbons (Fsp3) is 0.0714. The fourth-order valence-electron chi connectivity index (χ4n) is 10.3. The Bertz CT molecular complexity index is 3130. The Morgan fingerprint density at radius 2 is 1.26 bits per heavy atom. The van der Waals surface area contributed by atoms with Crippen molar-refractivity contribution in [1.29, 1.82) is 0 Å². The molecule has 58 heavy (non-hydrogen) atoms. The Kier molecular flexibility index (Phi) is 7.53. The normalized spacial score (nSPS) is 17.2. The van der Waals surface area contributed by atoms with Gasteiger partial charge in [-0.25, -0.2) is 0 Å². The van der Waals surface area contributed by atoms with Gasteiger partial charge in [-0.15, -0.1) is 0 Å². The van der Waals surface area contributed by atoms with E-state index in [1.54, 1.807) is 0 Å². The highest BCUT2D eigenvalue weighted by atomic mass is 15.2. The van der Waals surface area contributed by atoms with E-state index in [-0.39, 0.29) is 0 Å². The summed E-state index contributed by atoms with van der Waals surface area (Å²) in [4.78, 5) is 2.54. The van der Waals surface area contributed by atoms with Gasteiger partial charge in [0, 0.05) is 45.1 Å². The minimum absolute atomic E-state index is 0.312. The molecule has 0 radical (unpaired) electrons. The van der Waals surface area contributed by atoms with Crippen LogP contribution in [0.4, 0.5) is 17.1 Å². The third kappa shape index (κ3) is 4.98. The third-order valence-corrected chi connectivity index (χ3v) is 12.8. The van der Waals surface area contributed by atoms with Crippen molar-refractivity contribution < 1.29 is 0 Å². The van der Waals surface area contributed by atoms with E-state index in [0.29, 0.717) is 11.8 Å². The summed E-state index contributed by atoms with van der Waals surface area (Å²) < 4.78 is 2.52. The lowest BCUT2D eigenvalue weighted by Gasteiger charge is -2.30. The lowest BCUT2D eigenvalue weighted by Crippen LogP contribution is -2.14. The number of allylic oxidation sites excluding steroid dienone is 9. The van der Waals surface area contributed by atoms with Gasteiger partial charge >= 0.3 is 0 Å². The number of nitrogens with zero attached hydrogens (tertiary/aromatic N) is 2. The van der Waals surface area contributed by atoms with E-state index in [9.17, 15) is 0 Å². The maximum absolute atomic E-state index is 2.54. The van der Waals surface area contributed by atoms with E-state index in [0.717, 1.165) is 24.2 Å². The summed E-state index contributed by atoms with van der Waals surface area (Å²) in [5.41, 5.74) is 20.5. The second-order valence-electron chi connectivity index (χ2n) is 15.9. The van der Waals surface area contributed by atoms with Crippen LogP contribution in [0.5, 0.6) is 0 Å². The van der Waals surface area contributed by atoms with Crippen LogP contribution in [0.1, 0.15) is 34.6 Å². The molecule has 2 atom stereocenters. The summed E-state index contributed by atoms with van der Waals surface area (Å²) in [7, 11) is 0. The summed E-state index contributed by atoms with van der Waals surface area (Å²) in [6.07, 6.45) is 20.2. The average molecular weight is 741 g/mol. The molecular weight excluding hydrogens is 701 g/mol. The quantitative estimate of drug-likeness (QED) is 0.165. The lowest BCUT2D eigenvalue weighted by atomic mass is 9.76. The maximum atomic E-state index is 2.54. The van der Waals surface area contributed by atoms with Gasteiger partial charge in [-0.2, -0.15) is 0 Å². The molecule has 0 N–H and O–H groups in total. The third-order valence-electron chi connectivity index (χ3n) is 12.8. The fourth-order valence-corrected chi connectivity index (χ4v) is 10.3. The van der Waals surface area contributed by atoms with Crippen LogP contribution < -0.4 is 4.90 Å². The van der Waals surface area contributed by atoms with Gasteiger partial charge in [0.25, 0.3) is 0 Å². The number of rotatable bonds is 6. The molecule has 0 spiro atoms. The van der Waals surface area contributed by atoms with E-state index in [1.807, 2.05) is 0 Å². The van der Waals surface area contributed by atoms with Crippen LogP contribution in [0.15, 0.2) is 212 Å². The second-order valence-corrected chi connectivity index (χ2v) is 15.9. The molecule has 4 aliphatic carbocycles. The first-order valence-corrected chi connectivity index (χ1v) is 20.6. The van der Waals surface area contributed by atoms with Gasteiger partial charge in [0.1, 0.15) is 0 Å². The average Bonchev–Trinajstić information content (AvgIpc) is 3.81. The first-order chi connectivity index (χ1) is 28.8.